The zero-order valence-corrected chi connectivity index (χ0v) is 13.2. The van der Waals surface area contributed by atoms with E-state index >= 15 is 0 Å². The first-order chi connectivity index (χ1) is 11.0. The van der Waals surface area contributed by atoms with Gasteiger partial charge in [-0.3, -0.25) is 0 Å². The molecule has 0 fully saturated rings. The van der Waals surface area contributed by atoms with Crippen molar-refractivity contribution in [2.24, 2.45) is 0 Å². The second-order valence-electron chi connectivity index (χ2n) is 5.70. The van der Waals surface area contributed by atoms with Crippen LogP contribution in [0, 0.1) is 29.1 Å². The Bertz CT molecular complexity index is 482. The zero-order chi connectivity index (χ0) is 17.2. The molecule has 0 saturated heterocycles. The van der Waals surface area contributed by atoms with E-state index in [2.05, 4.69) is 6.58 Å². The number of halogens is 5. The molecule has 1 rings (SSSR count). The summed E-state index contributed by atoms with van der Waals surface area (Å²) in [6.45, 7) is 3.66. The van der Waals surface area contributed by atoms with E-state index in [0.29, 0.717) is 12.8 Å². The molecule has 5 heteroatoms. The van der Waals surface area contributed by atoms with Crippen LogP contribution in [-0.2, 0) is 6.42 Å². The summed E-state index contributed by atoms with van der Waals surface area (Å²) in [6.07, 6.45) is 10.4. The predicted octanol–water partition coefficient (Wildman–Crippen LogP) is 6.62. The molecule has 0 spiro atoms. The summed E-state index contributed by atoms with van der Waals surface area (Å²) >= 11 is 0. The van der Waals surface area contributed by atoms with Gasteiger partial charge in [-0.05, 0) is 25.7 Å². The minimum atomic E-state index is -2.10. The fourth-order valence-corrected chi connectivity index (χ4v) is 2.52. The normalized spacial score (nSPS) is 11.0. The molecular weight excluding hydrogens is 311 g/mol. The second-order valence-corrected chi connectivity index (χ2v) is 5.70. The first-order valence-corrected chi connectivity index (χ1v) is 8.11. The Kier molecular flexibility index (Phi) is 8.89. The van der Waals surface area contributed by atoms with Crippen molar-refractivity contribution in [3.05, 3.63) is 47.3 Å². The molecule has 0 aliphatic heterocycles. The standard InChI is InChI=1S/C18H23F5/c1-2-3-4-5-6-7-8-9-10-11-12-13-14(19)16(21)18(23)17(22)15(13)20/h2H,1,3-12H2. The van der Waals surface area contributed by atoms with Gasteiger partial charge in [0, 0.05) is 5.56 Å². The Hall–Kier alpha value is -1.39. The van der Waals surface area contributed by atoms with E-state index in [1.807, 2.05) is 6.08 Å². The average molecular weight is 334 g/mol. The summed E-state index contributed by atoms with van der Waals surface area (Å²) in [5.74, 6) is -9.23. The van der Waals surface area contributed by atoms with Crippen LogP contribution in [0.5, 0.6) is 0 Å². The Morgan fingerprint density at radius 1 is 0.565 bits per heavy atom. The molecule has 0 bridgehead atoms. The number of rotatable bonds is 11. The highest BCUT2D eigenvalue weighted by Crippen LogP contribution is 2.24. The number of hydrogen-bond donors (Lipinski definition) is 0. The van der Waals surface area contributed by atoms with Crippen LogP contribution in [0.15, 0.2) is 12.7 Å². The molecule has 0 aliphatic rings. The van der Waals surface area contributed by atoms with Gasteiger partial charge in [0.25, 0.3) is 0 Å². The Labute approximate surface area is 134 Å². The van der Waals surface area contributed by atoms with Gasteiger partial charge in [-0.2, -0.15) is 0 Å². The van der Waals surface area contributed by atoms with Gasteiger partial charge in [-0.1, -0.05) is 44.6 Å². The van der Waals surface area contributed by atoms with Gasteiger partial charge < -0.3 is 0 Å². The van der Waals surface area contributed by atoms with E-state index < -0.39 is 34.6 Å². The summed E-state index contributed by atoms with van der Waals surface area (Å²) in [5, 5.41) is 0. The molecule has 0 amide bonds. The minimum Gasteiger partial charge on any atom is -0.203 e. The van der Waals surface area contributed by atoms with Crippen molar-refractivity contribution in [3.8, 4) is 0 Å². The van der Waals surface area contributed by atoms with Crippen LogP contribution in [0.4, 0.5) is 22.0 Å². The number of benzene rings is 1. The molecule has 1 aromatic carbocycles. The third-order valence-corrected chi connectivity index (χ3v) is 3.89. The molecular formula is C18H23F5. The van der Waals surface area contributed by atoms with Crippen molar-refractivity contribution in [3.63, 3.8) is 0 Å². The van der Waals surface area contributed by atoms with Crippen molar-refractivity contribution < 1.29 is 22.0 Å². The van der Waals surface area contributed by atoms with E-state index in [-0.39, 0.29) is 6.42 Å². The molecule has 0 N–H and O–H groups in total. The van der Waals surface area contributed by atoms with Crippen molar-refractivity contribution in [1.29, 1.82) is 0 Å². The van der Waals surface area contributed by atoms with Gasteiger partial charge in [0.15, 0.2) is 23.3 Å². The first-order valence-electron chi connectivity index (χ1n) is 8.11. The molecule has 0 aromatic heterocycles. The molecule has 23 heavy (non-hydrogen) atoms. The second kappa shape index (κ2) is 10.4. The lowest BCUT2D eigenvalue weighted by Gasteiger charge is -2.08. The highest BCUT2D eigenvalue weighted by Gasteiger charge is 2.24. The lowest BCUT2D eigenvalue weighted by molar-refractivity contribution is 0.368. The molecule has 0 saturated carbocycles. The molecule has 0 nitrogen and oxygen atoms in total. The van der Waals surface area contributed by atoms with Crippen LogP contribution in [-0.4, -0.2) is 0 Å². The van der Waals surface area contributed by atoms with Gasteiger partial charge >= 0.3 is 0 Å². The Balaban J connectivity index is 2.28. The number of unbranched alkanes of at least 4 members (excludes halogenated alkanes) is 8. The summed E-state index contributed by atoms with van der Waals surface area (Å²) in [5.41, 5.74) is -0.703. The summed E-state index contributed by atoms with van der Waals surface area (Å²) in [4.78, 5) is 0. The minimum absolute atomic E-state index is 0.134. The van der Waals surface area contributed by atoms with E-state index in [1.54, 1.807) is 0 Å². The molecule has 0 aliphatic carbocycles. The first kappa shape index (κ1) is 19.7. The summed E-state index contributed by atoms with van der Waals surface area (Å²) in [6, 6.07) is 0. The topological polar surface area (TPSA) is 0 Å². The van der Waals surface area contributed by atoms with E-state index in [9.17, 15) is 22.0 Å². The van der Waals surface area contributed by atoms with Crippen LogP contribution < -0.4 is 0 Å². The quantitative estimate of drug-likeness (QED) is 0.140. The third-order valence-electron chi connectivity index (χ3n) is 3.89. The van der Waals surface area contributed by atoms with Crippen molar-refractivity contribution in [1.82, 2.24) is 0 Å². The van der Waals surface area contributed by atoms with Gasteiger partial charge in [0.1, 0.15) is 0 Å². The van der Waals surface area contributed by atoms with E-state index in [1.165, 1.54) is 0 Å². The smallest absolute Gasteiger partial charge is 0.200 e. The predicted molar refractivity (Wildman–Crippen MR) is 81.7 cm³/mol. The van der Waals surface area contributed by atoms with Gasteiger partial charge in [0.05, 0.1) is 0 Å². The van der Waals surface area contributed by atoms with E-state index in [4.69, 9.17) is 0 Å². The highest BCUT2D eigenvalue weighted by atomic mass is 19.2. The lowest BCUT2D eigenvalue weighted by Crippen LogP contribution is -2.07. The van der Waals surface area contributed by atoms with Crippen LogP contribution in [0.3, 0.4) is 0 Å². The van der Waals surface area contributed by atoms with Gasteiger partial charge in [-0.15, -0.1) is 6.58 Å². The lowest BCUT2D eigenvalue weighted by atomic mass is 10.0. The van der Waals surface area contributed by atoms with Crippen LogP contribution in [0.25, 0.3) is 0 Å². The van der Waals surface area contributed by atoms with Crippen molar-refractivity contribution >= 4 is 0 Å². The largest absolute Gasteiger partial charge is 0.203 e. The fraction of sp³-hybridized carbons (Fsp3) is 0.556. The third kappa shape index (κ3) is 5.96. The maximum absolute atomic E-state index is 13.5. The van der Waals surface area contributed by atoms with Gasteiger partial charge in [0.2, 0.25) is 5.82 Å². The monoisotopic (exact) mass is 334 g/mol. The molecule has 0 unspecified atom stereocenters. The number of hydrogen-bond acceptors (Lipinski definition) is 0. The summed E-state index contributed by atoms with van der Waals surface area (Å²) in [7, 11) is 0. The van der Waals surface area contributed by atoms with Crippen molar-refractivity contribution in [2.75, 3.05) is 0 Å². The molecule has 0 heterocycles. The molecule has 0 atom stereocenters. The SMILES string of the molecule is C=CCCCCCCCCCCc1c(F)c(F)c(F)c(F)c1F. The fourth-order valence-electron chi connectivity index (χ4n) is 2.52. The molecule has 130 valence electrons. The van der Waals surface area contributed by atoms with Crippen LogP contribution >= 0.6 is 0 Å². The number of allylic oxidation sites excluding steroid dienone is 1. The Morgan fingerprint density at radius 3 is 1.43 bits per heavy atom. The van der Waals surface area contributed by atoms with Gasteiger partial charge in [-0.25, -0.2) is 22.0 Å². The zero-order valence-electron chi connectivity index (χ0n) is 13.2. The molecule has 1 aromatic rings. The average Bonchev–Trinajstić information content (AvgIpc) is 2.55. The Morgan fingerprint density at radius 2 is 0.957 bits per heavy atom. The van der Waals surface area contributed by atoms with E-state index in [0.717, 1.165) is 44.9 Å². The van der Waals surface area contributed by atoms with Crippen LogP contribution in [0.2, 0.25) is 0 Å². The highest BCUT2D eigenvalue weighted by molar-refractivity contribution is 5.24. The summed E-state index contributed by atoms with van der Waals surface area (Å²) < 4.78 is 65.9. The molecule has 0 radical (unpaired) electrons. The van der Waals surface area contributed by atoms with Crippen LogP contribution in [0.1, 0.15) is 63.4 Å². The van der Waals surface area contributed by atoms with Crippen molar-refractivity contribution in [2.45, 2.75) is 64.2 Å². The maximum Gasteiger partial charge on any atom is 0.200 e. The maximum atomic E-state index is 13.5.